The van der Waals surface area contributed by atoms with E-state index in [1.54, 1.807) is 13.8 Å². The molecule has 25 heavy (non-hydrogen) atoms. The summed E-state index contributed by atoms with van der Waals surface area (Å²) < 4.78 is 23.7. The minimum Gasteiger partial charge on any atom is -0.489 e. The van der Waals surface area contributed by atoms with Gasteiger partial charge in [-0.15, -0.1) is 12.4 Å². The van der Waals surface area contributed by atoms with Crippen molar-refractivity contribution in [3.05, 3.63) is 24.0 Å². The van der Waals surface area contributed by atoms with E-state index in [9.17, 15) is 14.0 Å². The van der Waals surface area contributed by atoms with Gasteiger partial charge in [-0.1, -0.05) is 13.8 Å². The molecule has 2 amide bonds. The molecular formula is C16H25ClFN3O4. The van der Waals surface area contributed by atoms with Gasteiger partial charge >= 0.3 is 0 Å². The maximum atomic E-state index is 13.4. The number of carbonyl (C=O) groups is 2. The van der Waals surface area contributed by atoms with Gasteiger partial charge < -0.3 is 25.8 Å². The molecule has 7 nitrogen and oxygen atoms in total. The van der Waals surface area contributed by atoms with Crippen LogP contribution in [0, 0.1) is 11.7 Å². The van der Waals surface area contributed by atoms with Crippen molar-refractivity contribution in [2.45, 2.75) is 19.9 Å². The molecule has 0 bridgehead atoms. The molecule has 0 unspecified atom stereocenters. The number of halogens is 2. The molecule has 0 aliphatic carbocycles. The van der Waals surface area contributed by atoms with E-state index in [1.807, 2.05) is 0 Å². The van der Waals surface area contributed by atoms with Crippen LogP contribution in [0.15, 0.2) is 18.2 Å². The van der Waals surface area contributed by atoms with Crippen molar-refractivity contribution in [2.75, 3.05) is 32.2 Å². The Balaban J connectivity index is 0.00000576. The van der Waals surface area contributed by atoms with Crippen LogP contribution in [0.4, 0.5) is 10.1 Å². The topological polar surface area (TPSA) is 103 Å². The zero-order valence-corrected chi connectivity index (χ0v) is 15.3. The highest BCUT2D eigenvalue weighted by molar-refractivity contribution is 5.96. The van der Waals surface area contributed by atoms with Crippen molar-refractivity contribution in [1.29, 1.82) is 0 Å². The van der Waals surface area contributed by atoms with Gasteiger partial charge in [0.1, 0.15) is 18.2 Å². The van der Waals surface area contributed by atoms with Crippen LogP contribution in [0.1, 0.15) is 13.8 Å². The van der Waals surface area contributed by atoms with Gasteiger partial charge in [0.25, 0.3) is 0 Å². The number of amides is 2. The molecule has 0 saturated carbocycles. The Morgan fingerprint density at radius 1 is 1.28 bits per heavy atom. The third kappa shape index (κ3) is 8.15. The van der Waals surface area contributed by atoms with Crippen LogP contribution in [0.25, 0.3) is 0 Å². The Labute approximate surface area is 152 Å². The van der Waals surface area contributed by atoms with Gasteiger partial charge in [-0.05, 0) is 18.1 Å². The molecule has 1 aromatic rings. The molecule has 4 N–H and O–H groups in total. The van der Waals surface area contributed by atoms with Gasteiger partial charge in [-0.3, -0.25) is 9.59 Å². The summed E-state index contributed by atoms with van der Waals surface area (Å²) >= 11 is 0. The van der Waals surface area contributed by atoms with Gasteiger partial charge in [0, 0.05) is 13.2 Å². The highest BCUT2D eigenvalue weighted by atomic mass is 35.5. The molecule has 1 aromatic carbocycles. The molecule has 0 aliphatic heterocycles. The van der Waals surface area contributed by atoms with E-state index in [4.69, 9.17) is 15.2 Å². The summed E-state index contributed by atoms with van der Waals surface area (Å²) in [5.41, 5.74) is 5.86. The zero-order valence-electron chi connectivity index (χ0n) is 14.5. The Bertz CT molecular complexity index is 572. The second-order valence-electron chi connectivity index (χ2n) is 5.52. The lowest BCUT2D eigenvalue weighted by Gasteiger charge is -2.16. The first-order chi connectivity index (χ1) is 11.3. The molecule has 0 heterocycles. The first kappa shape index (κ1) is 23.1. The summed E-state index contributed by atoms with van der Waals surface area (Å²) in [7, 11) is 1.53. The number of hydrogen-bond acceptors (Lipinski definition) is 5. The predicted octanol–water partition coefficient (Wildman–Crippen LogP) is 1.31. The van der Waals surface area contributed by atoms with Crippen molar-refractivity contribution in [2.24, 2.45) is 11.7 Å². The molecule has 0 aliphatic rings. The average molecular weight is 378 g/mol. The largest absolute Gasteiger partial charge is 0.489 e. The van der Waals surface area contributed by atoms with Crippen molar-refractivity contribution in [1.82, 2.24) is 5.32 Å². The minimum atomic E-state index is -0.695. The monoisotopic (exact) mass is 377 g/mol. The summed E-state index contributed by atoms with van der Waals surface area (Å²) in [6, 6.07) is 3.08. The number of benzene rings is 1. The smallest absolute Gasteiger partial charge is 0.243 e. The Morgan fingerprint density at radius 3 is 2.56 bits per heavy atom. The average Bonchev–Trinajstić information content (AvgIpc) is 2.54. The molecule has 0 spiro atoms. The van der Waals surface area contributed by atoms with Crippen LogP contribution in [0.2, 0.25) is 0 Å². The van der Waals surface area contributed by atoms with Crippen molar-refractivity contribution < 1.29 is 23.5 Å². The maximum Gasteiger partial charge on any atom is 0.243 e. The second kappa shape index (κ2) is 11.6. The Hall–Kier alpha value is -1.90. The SMILES string of the molecule is COCCOc1ccc(F)cc1NC(=O)CNC(=O)[C@@H](N)C(C)C.Cl. The van der Waals surface area contributed by atoms with E-state index in [0.29, 0.717) is 12.4 Å². The van der Waals surface area contributed by atoms with E-state index >= 15 is 0 Å². The molecular weight excluding hydrogens is 353 g/mol. The van der Waals surface area contributed by atoms with Crippen LogP contribution in [-0.4, -0.2) is 44.7 Å². The van der Waals surface area contributed by atoms with Gasteiger partial charge in [-0.25, -0.2) is 4.39 Å². The first-order valence-corrected chi connectivity index (χ1v) is 7.59. The number of rotatable bonds is 9. The molecule has 1 rings (SSSR count). The lowest BCUT2D eigenvalue weighted by molar-refractivity contribution is -0.125. The Morgan fingerprint density at radius 2 is 1.96 bits per heavy atom. The zero-order chi connectivity index (χ0) is 18.1. The summed E-state index contributed by atoms with van der Waals surface area (Å²) in [4.78, 5) is 23.7. The summed E-state index contributed by atoms with van der Waals surface area (Å²) in [5, 5.41) is 4.94. The number of carbonyl (C=O) groups excluding carboxylic acids is 2. The summed E-state index contributed by atoms with van der Waals surface area (Å²) in [6.45, 7) is 3.95. The molecule has 0 saturated heterocycles. The third-order valence-electron chi connectivity index (χ3n) is 3.20. The highest BCUT2D eigenvalue weighted by Crippen LogP contribution is 2.25. The number of hydrogen-bond donors (Lipinski definition) is 3. The maximum absolute atomic E-state index is 13.4. The first-order valence-electron chi connectivity index (χ1n) is 7.59. The van der Waals surface area contributed by atoms with Gasteiger partial charge in [0.15, 0.2) is 0 Å². The molecule has 142 valence electrons. The third-order valence-corrected chi connectivity index (χ3v) is 3.20. The number of ether oxygens (including phenoxy) is 2. The molecule has 0 radical (unpaired) electrons. The quantitative estimate of drug-likeness (QED) is 0.563. The predicted molar refractivity (Wildman–Crippen MR) is 95.5 cm³/mol. The van der Waals surface area contributed by atoms with Gasteiger partial charge in [0.05, 0.1) is 24.9 Å². The number of anilines is 1. The normalized spacial score (nSPS) is 11.4. The number of methoxy groups -OCH3 is 1. The van der Waals surface area contributed by atoms with Crippen LogP contribution < -0.4 is 21.1 Å². The van der Waals surface area contributed by atoms with Crippen LogP contribution in [-0.2, 0) is 14.3 Å². The van der Waals surface area contributed by atoms with Crippen molar-refractivity contribution in [3.8, 4) is 5.75 Å². The fourth-order valence-corrected chi connectivity index (χ4v) is 1.74. The summed E-state index contributed by atoms with van der Waals surface area (Å²) in [6.07, 6.45) is 0. The fourth-order valence-electron chi connectivity index (χ4n) is 1.74. The summed E-state index contributed by atoms with van der Waals surface area (Å²) in [5.74, 6) is -1.18. The molecule has 9 heteroatoms. The molecule has 1 atom stereocenters. The van der Waals surface area contributed by atoms with Crippen LogP contribution in [0.5, 0.6) is 5.75 Å². The van der Waals surface area contributed by atoms with Crippen LogP contribution >= 0.6 is 12.4 Å². The minimum absolute atomic E-state index is 0. The van der Waals surface area contributed by atoms with Gasteiger partial charge in [-0.2, -0.15) is 0 Å². The lowest BCUT2D eigenvalue weighted by atomic mass is 10.1. The van der Waals surface area contributed by atoms with E-state index < -0.39 is 23.7 Å². The second-order valence-corrected chi connectivity index (χ2v) is 5.52. The number of nitrogens with one attached hydrogen (secondary N) is 2. The van der Waals surface area contributed by atoms with Crippen molar-refractivity contribution >= 4 is 29.9 Å². The lowest BCUT2D eigenvalue weighted by Crippen LogP contribution is -2.46. The van der Waals surface area contributed by atoms with Gasteiger partial charge in [0.2, 0.25) is 11.8 Å². The van der Waals surface area contributed by atoms with E-state index in [0.717, 1.165) is 6.07 Å². The van der Waals surface area contributed by atoms with E-state index in [2.05, 4.69) is 10.6 Å². The standard InChI is InChI=1S/C16H24FN3O4.ClH/c1-10(2)15(18)16(22)19-9-14(21)20-12-8-11(17)4-5-13(12)24-7-6-23-3;/h4-5,8,10,15H,6-7,9,18H2,1-3H3,(H,19,22)(H,20,21);1H/t15-;/m0./s1. The van der Waals surface area contributed by atoms with Crippen molar-refractivity contribution in [3.63, 3.8) is 0 Å². The highest BCUT2D eigenvalue weighted by Gasteiger charge is 2.18. The number of nitrogens with two attached hydrogens (primary N) is 1. The fraction of sp³-hybridized carbons (Fsp3) is 0.500. The van der Waals surface area contributed by atoms with E-state index in [-0.39, 0.29) is 37.2 Å². The van der Waals surface area contributed by atoms with Crippen LogP contribution in [0.3, 0.4) is 0 Å². The van der Waals surface area contributed by atoms with E-state index in [1.165, 1.54) is 19.2 Å². The molecule has 0 aromatic heterocycles. The molecule has 0 fully saturated rings. The Kier molecular flexibility index (Phi) is 10.7.